The molecule has 2 rings (SSSR count). The molecule has 0 saturated heterocycles. The van der Waals surface area contributed by atoms with Gasteiger partial charge in [0.25, 0.3) is 0 Å². The Morgan fingerprint density at radius 3 is 1.91 bits per heavy atom. The first-order valence-corrected chi connectivity index (χ1v) is 7.86. The molecule has 7 heteroatoms. The van der Waals surface area contributed by atoms with Crippen LogP contribution in [0.3, 0.4) is 0 Å². The molecule has 0 nitrogen and oxygen atoms in total. The van der Waals surface area contributed by atoms with E-state index in [1.807, 2.05) is 37.3 Å². The third-order valence-electron chi connectivity index (χ3n) is 3.20. The van der Waals surface area contributed by atoms with E-state index in [1.165, 1.54) is 0 Å². The second-order valence-electron chi connectivity index (χ2n) is 4.77. The maximum absolute atomic E-state index is 13.6. The van der Waals surface area contributed by atoms with E-state index in [2.05, 4.69) is 0 Å². The van der Waals surface area contributed by atoms with Gasteiger partial charge in [-0.15, -0.1) is 11.8 Å². The van der Waals surface area contributed by atoms with E-state index >= 15 is 0 Å². The van der Waals surface area contributed by atoms with Crippen LogP contribution in [-0.4, -0.2) is 4.20 Å². The quantitative estimate of drug-likeness (QED) is 0.294. The number of thiocarbonyl (C=S) groups is 1. The molecule has 122 valence electrons. The van der Waals surface area contributed by atoms with Crippen molar-refractivity contribution in [1.29, 1.82) is 0 Å². The average Bonchev–Trinajstić information content (AvgIpc) is 2.56. The van der Waals surface area contributed by atoms with Gasteiger partial charge in [0.1, 0.15) is 0 Å². The zero-order valence-corrected chi connectivity index (χ0v) is 13.5. The first-order chi connectivity index (χ1) is 10.8. The first kappa shape index (κ1) is 17.9. The van der Waals surface area contributed by atoms with Crippen molar-refractivity contribution in [2.75, 3.05) is 0 Å². The Kier molecular flexibility index (Phi) is 5.75. The lowest BCUT2D eigenvalue weighted by molar-refractivity contribution is 0.372. The van der Waals surface area contributed by atoms with Gasteiger partial charge in [0.2, 0.25) is 5.82 Å². The Balaban J connectivity index is 2.18. The standard InChI is InChI=1S/C16H11F5S2/c1-8(9-5-3-2-4-6-9)23-11(22)7-10-12(17)14(19)16(21)15(20)13(10)18/h2-6,8H,7H2,1H3. The van der Waals surface area contributed by atoms with Crippen LogP contribution in [-0.2, 0) is 6.42 Å². The van der Waals surface area contributed by atoms with Crippen molar-refractivity contribution in [1.82, 2.24) is 0 Å². The van der Waals surface area contributed by atoms with E-state index in [0.29, 0.717) is 0 Å². The predicted molar refractivity (Wildman–Crippen MR) is 85.0 cm³/mol. The molecule has 0 amide bonds. The molecule has 0 aliphatic rings. The second kappa shape index (κ2) is 7.40. The number of halogens is 5. The third kappa shape index (κ3) is 3.90. The predicted octanol–water partition coefficient (Wildman–Crippen LogP) is 5.75. The molecular formula is C16H11F5S2. The van der Waals surface area contributed by atoms with Crippen molar-refractivity contribution in [3.8, 4) is 0 Å². The van der Waals surface area contributed by atoms with Gasteiger partial charge in [-0.25, -0.2) is 22.0 Å². The molecule has 0 aliphatic carbocycles. The minimum Gasteiger partial charge on any atom is -0.203 e. The maximum Gasteiger partial charge on any atom is 0.200 e. The highest BCUT2D eigenvalue weighted by atomic mass is 32.2. The Morgan fingerprint density at radius 2 is 1.39 bits per heavy atom. The molecular weight excluding hydrogens is 351 g/mol. The molecule has 1 unspecified atom stereocenters. The molecule has 0 heterocycles. The van der Waals surface area contributed by atoms with Crippen molar-refractivity contribution < 1.29 is 22.0 Å². The molecule has 0 N–H and O–H groups in total. The molecule has 0 radical (unpaired) electrons. The van der Waals surface area contributed by atoms with E-state index < -0.39 is 41.1 Å². The topological polar surface area (TPSA) is 0 Å². The molecule has 1 atom stereocenters. The highest BCUT2D eigenvalue weighted by molar-refractivity contribution is 8.23. The van der Waals surface area contributed by atoms with Crippen molar-refractivity contribution in [2.24, 2.45) is 0 Å². The van der Waals surface area contributed by atoms with E-state index in [0.717, 1.165) is 17.3 Å². The summed E-state index contributed by atoms with van der Waals surface area (Å²) in [6.45, 7) is 1.84. The Morgan fingerprint density at radius 1 is 0.913 bits per heavy atom. The minimum atomic E-state index is -2.17. The van der Waals surface area contributed by atoms with Gasteiger partial charge in [-0.1, -0.05) is 42.5 Å². The molecule has 0 bridgehead atoms. The summed E-state index contributed by atoms with van der Waals surface area (Å²) in [6, 6.07) is 9.23. The number of thioether (sulfide) groups is 1. The lowest BCUT2D eigenvalue weighted by Gasteiger charge is -2.13. The van der Waals surface area contributed by atoms with Crippen molar-refractivity contribution in [3.05, 3.63) is 70.5 Å². The van der Waals surface area contributed by atoms with Crippen molar-refractivity contribution >= 4 is 28.2 Å². The number of hydrogen-bond donors (Lipinski definition) is 0. The average molecular weight is 362 g/mol. The molecule has 0 aromatic heterocycles. The first-order valence-electron chi connectivity index (χ1n) is 6.57. The Labute approximate surface area is 139 Å². The van der Waals surface area contributed by atoms with Gasteiger partial charge in [-0.3, -0.25) is 0 Å². The Hall–Kier alpha value is -1.47. The van der Waals surface area contributed by atoms with E-state index in [4.69, 9.17) is 12.2 Å². The van der Waals surface area contributed by atoms with E-state index in [-0.39, 0.29) is 9.45 Å². The van der Waals surface area contributed by atoms with Crippen LogP contribution < -0.4 is 0 Å². The highest BCUT2D eigenvalue weighted by Gasteiger charge is 2.26. The SMILES string of the molecule is CC(SC(=S)Cc1c(F)c(F)c(F)c(F)c1F)c1ccccc1. The molecule has 0 spiro atoms. The molecule has 0 saturated carbocycles. The summed E-state index contributed by atoms with van der Waals surface area (Å²) in [7, 11) is 0. The third-order valence-corrected chi connectivity index (χ3v) is 4.67. The van der Waals surface area contributed by atoms with Crippen molar-refractivity contribution in [3.63, 3.8) is 0 Å². The van der Waals surface area contributed by atoms with E-state index in [9.17, 15) is 22.0 Å². The number of benzene rings is 2. The van der Waals surface area contributed by atoms with Crippen LogP contribution in [0.5, 0.6) is 0 Å². The van der Waals surface area contributed by atoms with Crippen LogP contribution in [0.1, 0.15) is 23.3 Å². The zero-order valence-electron chi connectivity index (χ0n) is 11.9. The van der Waals surface area contributed by atoms with Crippen LogP contribution in [0, 0.1) is 29.1 Å². The summed E-state index contributed by atoms with van der Waals surface area (Å²) >= 11 is 6.18. The van der Waals surface area contributed by atoms with Crippen LogP contribution in [0.4, 0.5) is 22.0 Å². The van der Waals surface area contributed by atoms with Gasteiger partial charge >= 0.3 is 0 Å². The lowest BCUT2D eigenvalue weighted by Crippen LogP contribution is -2.10. The molecule has 23 heavy (non-hydrogen) atoms. The molecule has 2 aromatic rings. The summed E-state index contributed by atoms with van der Waals surface area (Å²) in [5.74, 6) is -9.75. The van der Waals surface area contributed by atoms with E-state index in [1.54, 1.807) is 0 Å². The van der Waals surface area contributed by atoms with Gasteiger partial charge in [-0.05, 0) is 12.5 Å². The molecule has 0 fully saturated rings. The van der Waals surface area contributed by atoms with Gasteiger partial charge in [-0.2, -0.15) is 0 Å². The molecule has 0 aliphatic heterocycles. The summed E-state index contributed by atoms with van der Waals surface area (Å²) < 4.78 is 66.7. The van der Waals surface area contributed by atoms with Crippen LogP contribution in [0.15, 0.2) is 30.3 Å². The second-order valence-corrected chi connectivity index (χ2v) is 6.95. The Bertz CT molecular complexity index is 702. The van der Waals surface area contributed by atoms with Gasteiger partial charge in [0, 0.05) is 17.2 Å². The number of hydrogen-bond acceptors (Lipinski definition) is 2. The van der Waals surface area contributed by atoms with Crippen LogP contribution >= 0.6 is 24.0 Å². The zero-order chi connectivity index (χ0) is 17.1. The van der Waals surface area contributed by atoms with Crippen LogP contribution in [0.25, 0.3) is 0 Å². The smallest absolute Gasteiger partial charge is 0.200 e. The fourth-order valence-corrected chi connectivity index (χ4v) is 3.47. The highest BCUT2D eigenvalue weighted by Crippen LogP contribution is 2.32. The van der Waals surface area contributed by atoms with Gasteiger partial charge < -0.3 is 0 Å². The van der Waals surface area contributed by atoms with Crippen molar-refractivity contribution in [2.45, 2.75) is 18.6 Å². The van der Waals surface area contributed by atoms with Crippen LogP contribution in [0.2, 0.25) is 0 Å². The summed E-state index contributed by atoms with van der Waals surface area (Å²) in [5.41, 5.74) is 0.0384. The lowest BCUT2D eigenvalue weighted by atomic mass is 10.1. The number of rotatable bonds is 4. The van der Waals surface area contributed by atoms with Gasteiger partial charge in [0.15, 0.2) is 23.3 Å². The minimum absolute atomic E-state index is 0.107. The summed E-state index contributed by atoms with van der Waals surface area (Å²) in [5, 5.41) is -0.107. The van der Waals surface area contributed by atoms with Gasteiger partial charge in [0.05, 0.1) is 4.20 Å². The summed E-state index contributed by atoms with van der Waals surface area (Å²) in [4.78, 5) is 0. The maximum atomic E-state index is 13.6. The summed E-state index contributed by atoms with van der Waals surface area (Å²) in [6.07, 6.45) is -0.511. The fourth-order valence-electron chi connectivity index (χ4n) is 1.98. The monoisotopic (exact) mass is 362 g/mol. The largest absolute Gasteiger partial charge is 0.203 e. The molecule has 2 aromatic carbocycles. The fraction of sp³-hybridized carbons (Fsp3) is 0.188. The normalized spacial score (nSPS) is 12.3.